The topological polar surface area (TPSA) is 67.6 Å². The maximum Gasteiger partial charge on any atom is 0.303 e. The predicted molar refractivity (Wildman–Crippen MR) is 135 cm³/mol. The summed E-state index contributed by atoms with van der Waals surface area (Å²) in [6.07, 6.45) is 6.04. The van der Waals surface area contributed by atoms with Gasteiger partial charge in [-0.3, -0.25) is 4.79 Å². The highest BCUT2D eigenvalue weighted by Crippen LogP contribution is 2.45. The molecule has 2 saturated carbocycles. The second kappa shape index (κ2) is 9.72. The molecule has 0 spiro atoms. The van der Waals surface area contributed by atoms with E-state index in [9.17, 15) is 13.6 Å². The van der Waals surface area contributed by atoms with Crippen LogP contribution < -0.4 is 4.90 Å². The van der Waals surface area contributed by atoms with Crippen LogP contribution in [0.15, 0.2) is 42.6 Å². The van der Waals surface area contributed by atoms with Gasteiger partial charge in [0.15, 0.2) is 0 Å². The van der Waals surface area contributed by atoms with Gasteiger partial charge in [0, 0.05) is 24.9 Å². The van der Waals surface area contributed by atoms with Crippen LogP contribution in [0.1, 0.15) is 54.8 Å². The number of carboxylic acid groups (broad SMARTS) is 1. The van der Waals surface area contributed by atoms with E-state index >= 15 is 0 Å². The molecule has 0 unspecified atom stereocenters. The van der Waals surface area contributed by atoms with Crippen LogP contribution in [0, 0.1) is 17.6 Å². The van der Waals surface area contributed by atoms with Crippen molar-refractivity contribution in [3.63, 3.8) is 0 Å². The lowest BCUT2D eigenvalue weighted by atomic mass is 10.0. The number of nitrogens with zero attached hydrogens (tertiary/aromatic N) is 3. The number of halogens is 3. The zero-order valence-electron chi connectivity index (χ0n) is 20.2. The van der Waals surface area contributed by atoms with E-state index in [-0.39, 0.29) is 36.0 Å². The van der Waals surface area contributed by atoms with Gasteiger partial charge in [-0.25, -0.2) is 13.5 Å². The normalized spacial score (nSPS) is 22.7. The van der Waals surface area contributed by atoms with Crippen LogP contribution in [0.2, 0.25) is 5.02 Å². The zero-order chi connectivity index (χ0) is 25.7. The average molecular weight is 528 g/mol. The largest absolute Gasteiger partial charge is 0.481 e. The van der Waals surface area contributed by atoms with Gasteiger partial charge in [-0.15, -0.1) is 0 Å². The van der Waals surface area contributed by atoms with E-state index in [1.54, 1.807) is 22.9 Å². The summed E-state index contributed by atoms with van der Waals surface area (Å²) in [6.45, 7) is 1.02. The summed E-state index contributed by atoms with van der Waals surface area (Å²) in [5.74, 6) is -0.932. The summed E-state index contributed by atoms with van der Waals surface area (Å²) >= 11 is 6.34. The van der Waals surface area contributed by atoms with Gasteiger partial charge in [0.1, 0.15) is 17.3 Å². The van der Waals surface area contributed by atoms with Crippen molar-refractivity contribution >= 4 is 23.3 Å². The molecule has 194 valence electrons. The maximum atomic E-state index is 14.9. The quantitative estimate of drug-likeness (QED) is 0.376. The van der Waals surface area contributed by atoms with Gasteiger partial charge in [0.25, 0.3) is 0 Å². The monoisotopic (exact) mass is 527 g/mol. The molecule has 2 heterocycles. The molecule has 6 rings (SSSR count). The van der Waals surface area contributed by atoms with Gasteiger partial charge in [-0.1, -0.05) is 23.7 Å². The van der Waals surface area contributed by atoms with Crippen molar-refractivity contribution < 1.29 is 23.4 Å². The van der Waals surface area contributed by atoms with Crippen LogP contribution in [0.4, 0.5) is 14.5 Å². The summed E-state index contributed by atoms with van der Waals surface area (Å²) in [6, 6.07) is 9.83. The van der Waals surface area contributed by atoms with Gasteiger partial charge >= 0.3 is 5.97 Å². The molecule has 1 saturated heterocycles. The fourth-order valence-electron chi connectivity index (χ4n) is 5.93. The van der Waals surface area contributed by atoms with Gasteiger partial charge in [-0.05, 0) is 73.4 Å². The Morgan fingerprint density at radius 1 is 1.16 bits per heavy atom. The Balaban J connectivity index is 1.15. The van der Waals surface area contributed by atoms with Crippen molar-refractivity contribution in [1.82, 2.24) is 9.78 Å². The number of aryl methyl sites for hydroxylation is 1. The summed E-state index contributed by atoms with van der Waals surface area (Å²) in [7, 11) is 0. The Hall–Kier alpha value is -2.97. The van der Waals surface area contributed by atoms with Crippen LogP contribution in [-0.4, -0.2) is 39.5 Å². The molecule has 9 heteroatoms. The number of carboxylic acids is 1. The highest BCUT2D eigenvalue weighted by Gasteiger charge is 2.46. The maximum absolute atomic E-state index is 14.9. The third kappa shape index (κ3) is 4.73. The van der Waals surface area contributed by atoms with Gasteiger partial charge < -0.3 is 14.7 Å². The highest BCUT2D eigenvalue weighted by atomic mass is 35.5. The lowest BCUT2D eigenvalue weighted by Crippen LogP contribution is -2.39. The Kier molecular flexibility index (Phi) is 6.41. The van der Waals surface area contributed by atoms with E-state index in [1.165, 1.54) is 12.1 Å². The second-order valence-electron chi connectivity index (χ2n) is 10.4. The minimum absolute atomic E-state index is 0.0172. The van der Waals surface area contributed by atoms with Gasteiger partial charge in [-0.2, -0.15) is 5.10 Å². The van der Waals surface area contributed by atoms with Crippen LogP contribution in [0.3, 0.4) is 0 Å². The minimum Gasteiger partial charge on any atom is -0.481 e. The fourth-order valence-corrected chi connectivity index (χ4v) is 6.18. The number of aromatic nitrogens is 2. The first-order valence-electron chi connectivity index (χ1n) is 12.8. The molecule has 6 nitrogen and oxygen atoms in total. The van der Waals surface area contributed by atoms with Crippen LogP contribution in [0.25, 0.3) is 5.69 Å². The SMILES string of the molecule is O=C(O)CCc1ccc(N2C[C@@H]3C[C@H]2C[C@H]3OCc2c(C3CC3)cnn2-c2c(F)cccc2Cl)c(F)c1. The molecule has 0 radical (unpaired) electrons. The predicted octanol–water partition coefficient (Wildman–Crippen LogP) is 5.88. The first kappa shape index (κ1) is 24.4. The summed E-state index contributed by atoms with van der Waals surface area (Å²) in [5.41, 5.74) is 3.43. The van der Waals surface area contributed by atoms with Gasteiger partial charge in [0.2, 0.25) is 0 Å². The Morgan fingerprint density at radius 3 is 2.68 bits per heavy atom. The molecule has 1 N–H and O–H groups in total. The number of para-hydroxylation sites is 1. The van der Waals surface area contributed by atoms with Crippen molar-refractivity contribution in [1.29, 1.82) is 0 Å². The van der Waals surface area contributed by atoms with E-state index < -0.39 is 11.8 Å². The molecule has 1 aliphatic heterocycles. The molecule has 3 fully saturated rings. The summed E-state index contributed by atoms with van der Waals surface area (Å²) in [4.78, 5) is 12.9. The molecule has 1 aromatic heterocycles. The van der Waals surface area contributed by atoms with Crippen molar-refractivity contribution in [2.45, 2.75) is 63.2 Å². The Labute approximate surface area is 218 Å². The molecule has 2 aliphatic carbocycles. The number of benzene rings is 2. The average Bonchev–Trinajstić information content (AvgIpc) is 3.32. The number of ether oxygens (including phenoxy) is 1. The van der Waals surface area contributed by atoms with Crippen LogP contribution in [-0.2, 0) is 22.6 Å². The number of piperidine rings is 1. The number of anilines is 1. The molecule has 3 atom stereocenters. The standard InChI is InChI=1S/C28H28ClF2N3O3/c29-21-2-1-3-22(30)28(21)34-25(20(13-32-34)17-6-7-17)15-37-26-12-19-11-18(26)14-33(19)24-8-4-16(10-23(24)31)5-9-27(35)36/h1-4,8,10,13,17-19,26H,5-7,9,11-12,14-15H2,(H,35,36)/t18-,19-,26+/m0/s1. The first-order valence-corrected chi connectivity index (χ1v) is 13.2. The lowest BCUT2D eigenvalue weighted by Gasteiger charge is -2.33. The first-order chi connectivity index (χ1) is 17.9. The van der Waals surface area contributed by atoms with E-state index in [1.807, 2.05) is 12.3 Å². The molecule has 2 aromatic carbocycles. The van der Waals surface area contributed by atoms with Crippen molar-refractivity contribution in [3.8, 4) is 5.69 Å². The van der Waals surface area contributed by atoms with Crippen LogP contribution >= 0.6 is 11.6 Å². The number of rotatable bonds is 9. The van der Waals surface area contributed by atoms with E-state index in [0.717, 1.165) is 36.9 Å². The minimum atomic E-state index is -0.892. The van der Waals surface area contributed by atoms with Crippen molar-refractivity contribution in [2.24, 2.45) is 5.92 Å². The summed E-state index contributed by atoms with van der Waals surface area (Å²) in [5, 5.41) is 13.7. The number of aliphatic carboxylic acids is 1. The van der Waals surface area contributed by atoms with Crippen molar-refractivity contribution in [3.05, 3.63) is 76.1 Å². The molecular weight excluding hydrogens is 500 g/mol. The molecule has 37 heavy (non-hydrogen) atoms. The molecule has 3 aromatic rings. The Morgan fingerprint density at radius 2 is 2.00 bits per heavy atom. The lowest BCUT2D eigenvalue weighted by molar-refractivity contribution is -0.136. The Bertz CT molecular complexity index is 1320. The number of fused-ring (bicyclic) bond motifs is 2. The van der Waals surface area contributed by atoms with E-state index in [0.29, 0.717) is 41.8 Å². The van der Waals surface area contributed by atoms with Crippen molar-refractivity contribution in [2.75, 3.05) is 11.4 Å². The third-order valence-electron chi connectivity index (χ3n) is 7.93. The highest BCUT2D eigenvalue weighted by molar-refractivity contribution is 6.32. The molecule has 0 amide bonds. The zero-order valence-corrected chi connectivity index (χ0v) is 21.0. The summed E-state index contributed by atoms with van der Waals surface area (Å²) < 4.78 is 37.6. The number of hydrogen-bond acceptors (Lipinski definition) is 4. The van der Waals surface area contributed by atoms with E-state index in [2.05, 4.69) is 10.00 Å². The van der Waals surface area contributed by atoms with E-state index in [4.69, 9.17) is 21.4 Å². The number of hydrogen-bond donors (Lipinski definition) is 1. The molecular formula is C28H28ClF2N3O3. The smallest absolute Gasteiger partial charge is 0.303 e. The van der Waals surface area contributed by atoms with Crippen LogP contribution in [0.5, 0.6) is 0 Å². The third-order valence-corrected chi connectivity index (χ3v) is 8.23. The van der Waals surface area contributed by atoms with Gasteiger partial charge in [0.05, 0.1) is 35.3 Å². The molecule has 3 aliphatic rings. The second-order valence-corrected chi connectivity index (χ2v) is 10.8. The number of carbonyl (C=O) groups is 1. The molecule has 2 bridgehead atoms. The fraction of sp³-hybridized carbons (Fsp3) is 0.429.